The molecule has 4 aromatic rings. The maximum atomic E-state index is 12.8. The molecule has 1 aromatic carbocycles. The summed E-state index contributed by atoms with van der Waals surface area (Å²) in [4.78, 5) is 25.5. The van der Waals surface area contributed by atoms with Crippen LogP contribution >= 0.6 is 11.3 Å². The number of carbonyl (C=O) groups excluding carboxylic acids is 2. The van der Waals surface area contributed by atoms with Crippen molar-refractivity contribution in [3.05, 3.63) is 59.9 Å². The van der Waals surface area contributed by atoms with Crippen LogP contribution in [0.4, 0.5) is 0 Å². The lowest BCUT2D eigenvalue weighted by molar-refractivity contribution is -0.141. The minimum atomic E-state index is -0.600. The van der Waals surface area contributed by atoms with Gasteiger partial charge in [0, 0.05) is 11.1 Å². The fraction of sp³-hybridized carbons (Fsp3) is 0.250. The molecule has 0 saturated carbocycles. The Morgan fingerprint density at radius 2 is 1.84 bits per heavy atom. The van der Waals surface area contributed by atoms with Gasteiger partial charge in [0.25, 0.3) is 0 Å². The fourth-order valence-electron chi connectivity index (χ4n) is 3.48. The second kappa shape index (κ2) is 8.07. The first-order chi connectivity index (χ1) is 14.8. The molecule has 6 nitrogen and oxygen atoms in total. The Labute approximate surface area is 184 Å². The second-order valence-electron chi connectivity index (χ2n) is 8.09. The van der Waals surface area contributed by atoms with Gasteiger partial charge in [0.05, 0.1) is 35.5 Å². The van der Waals surface area contributed by atoms with Gasteiger partial charge in [-0.2, -0.15) is 0 Å². The van der Waals surface area contributed by atoms with E-state index in [9.17, 15) is 9.59 Å². The third-order valence-electron chi connectivity index (χ3n) is 4.71. The van der Waals surface area contributed by atoms with Crippen molar-refractivity contribution in [2.75, 3.05) is 7.11 Å². The summed E-state index contributed by atoms with van der Waals surface area (Å²) < 4.78 is 18.6. The highest BCUT2D eigenvalue weighted by Gasteiger charge is 2.27. The van der Waals surface area contributed by atoms with Crippen LogP contribution < -0.4 is 0 Å². The number of ether oxygens (including phenoxy) is 2. The highest BCUT2D eigenvalue weighted by molar-refractivity contribution is 7.21. The van der Waals surface area contributed by atoms with Crippen LogP contribution in [0.2, 0.25) is 0 Å². The molecule has 0 spiro atoms. The van der Waals surface area contributed by atoms with Crippen molar-refractivity contribution in [2.24, 2.45) is 0 Å². The van der Waals surface area contributed by atoms with Gasteiger partial charge in [-0.1, -0.05) is 30.3 Å². The fourth-order valence-corrected chi connectivity index (χ4v) is 4.59. The molecule has 0 aliphatic carbocycles. The number of aromatic nitrogens is 1. The molecule has 0 aliphatic rings. The van der Waals surface area contributed by atoms with Crippen LogP contribution in [0.25, 0.3) is 32.6 Å². The number of carbonyl (C=O) groups is 2. The Bertz CT molecular complexity index is 1230. The summed E-state index contributed by atoms with van der Waals surface area (Å²) in [6, 6.07) is 13.5. The number of hydrogen-bond donors (Lipinski definition) is 0. The first kappa shape index (κ1) is 20.9. The third kappa shape index (κ3) is 4.14. The Morgan fingerprint density at radius 3 is 2.45 bits per heavy atom. The van der Waals surface area contributed by atoms with E-state index < -0.39 is 5.60 Å². The molecule has 4 rings (SSSR count). The highest BCUT2D eigenvalue weighted by atomic mass is 32.1. The zero-order valence-corrected chi connectivity index (χ0v) is 18.6. The summed E-state index contributed by atoms with van der Waals surface area (Å²) in [7, 11) is 1.36. The average Bonchev–Trinajstić information content (AvgIpc) is 3.44. The number of benzene rings is 1. The quantitative estimate of drug-likeness (QED) is 0.371. The number of esters is 2. The van der Waals surface area contributed by atoms with Gasteiger partial charge in [-0.25, -0.2) is 4.79 Å². The van der Waals surface area contributed by atoms with Crippen LogP contribution in [0.15, 0.2) is 59.4 Å². The number of nitrogens with zero attached hydrogens (tertiary/aromatic N) is 1. The van der Waals surface area contributed by atoms with Gasteiger partial charge in [0.15, 0.2) is 0 Å². The number of methoxy groups -OCH3 is 1. The number of thiophene rings is 1. The van der Waals surface area contributed by atoms with Gasteiger partial charge in [-0.05, 0) is 38.5 Å². The zero-order valence-electron chi connectivity index (χ0n) is 17.8. The van der Waals surface area contributed by atoms with Crippen LogP contribution in [0.1, 0.15) is 30.4 Å². The minimum absolute atomic E-state index is 0.00480. The third-order valence-corrected chi connectivity index (χ3v) is 5.83. The first-order valence-electron chi connectivity index (χ1n) is 9.82. The van der Waals surface area contributed by atoms with Crippen molar-refractivity contribution < 1.29 is 23.5 Å². The van der Waals surface area contributed by atoms with E-state index in [0.29, 0.717) is 4.88 Å². The van der Waals surface area contributed by atoms with E-state index in [0.717, 1.165) is 32.6 Å². The largest absolute Gasteiger partial charge is 0.472 e. The smallest absolute Gasteiger partial charge is 0.348 e. The van der Waals surface area contributed by atoms with Crippen LogP contribution in [-0.2, 0) is 20.8 Å². The lowest BCUT2D eigenvalue weighted by Gasteiger charge is -2.18. The molecule has 0 amide bonds. The number of fused-ring (bicyclic) bond motifs is 1. The molecular formula is C24H23NO5S. The number of rotatable bonds is 5. The number of hydrogen-bond acceptors (Lipinski definition) is 6. The normalized spacial score (nSPS) is 11.6. The standard InChI is InChI=1S/C24H23NO5S/c1-24(2,3)30-23(27)18-12-17-22(31-18)20(15-8-6-5-7-9-15)21(16-10-11-29-14-16)25(17)13-19(26)28-4/h5-12,14H,13H2,1-4H3. The van der Waals surface area contributed by atoms with Crippen LogP contribution in [0, 0.1) is 0 Å². The van der Waals surface area contributed by atoms with Gasteiger partial charge in [-0.3, -0.25) is 4.79 Å². The van der Waals surface area contributed by atoms with Crippen LogP contribution in [-0.4, -0.2) is 29.2 Å². The average molecular weight is 438 g/mol. The molecule has 0 atom stereocenters. The zero-order chi connectivity index (χ0) is 22.2. The molecular weight excluding hydrogens is 414 g/mol. The molecule has 0 unspecified atom stereocenters. The van der Waals surface area contributed by atoms with E-state index in [4.69, 9.17) is 13.9 Å². The SMILES string of the molecule is COC(=O)Cn1c(-c2ccoc2)c(-c2ccccc2)c2sc(C(=O)OC(C)(C)C)cc21. The predicted octanol–water partition coefficient (Wildman–Crippen LogP) is 5.76. The van der Waals surface area contributed by atoms with Crippen molar-refractivity contribution in [1.29, 1.82) is 0 Å². The monoisotopic (exact) mass is 437 g/mol. The van der Waals surface area contributed by atoms with Crippen molar-refractivity contribution in [3.63, 3.8) is 0 Å². The van der Waals surface area contributed by atoms with Gasteiger partial charge >= 0.3 is 11.9 Å². The molecule has 0 saturated heterocycles. The lowest BCUT2D eigenvalue weighted by atomic mass is 10.0. The maximum Gasteiger partial charge on any atom is 0.348 e. The van der Waals surface area contributed by atoms with E-state index in [1.807, 2.05) is 61.7 Å². The summed E-state index contributed by atoms with van der Waals surface area (Å²) in [6.07, 6.45) is 3.24. The Kier molecular flexibility index (Phi) is 5.45. The van der Waals surface area contributed by atoms with Crippen molar-refractivity contribution in [3.8, 4) is 22.4 Å². The summed E-state index contributed by atoms with van der Waals surface area (Å²) in [5.74, 6) is -0.770. The molecule has 3 heterocycles. The summed E-state index contributed by atoms with van der Waals surface area (Å²) in [6.45, 7) is 5.51. The summed E-state index contributed by atoms with van der Waals surface area (Å²) >= 11 is 1.36. The first-order valence-corrected chi connectivity index (χ1v) is 10.6. The van der Waals surface area contributed by atoms with Crippen LogP contribution in [0.3, 0.4) is 0 Å². The minimum Gasteiger partial charge on any atom is -0.472 e. The van der Waals surface area contributed by atoms with Gasteiger partial charge in [0.1, 0.15) is 17.0 Å². The molecule has 160 valence electrons. The molecule has 0 aliphatic heterocycles. The van der Waals surface area contributed by atoms with Crippen molar-refractivity contribution >= 4 is 33.5 Å². The molecule has 0 bridgehead atoms. The highest BCUT2D eigenvalue weighted by Crippen LogP contribution is 2.45. The van der Waals surface area contributed by atoms with E-state index in [1.54, 1.807) is 18.6 Å². The van der Waals surface area contributed by atoms with E-state index in [1.165, 1.54) is 18.4 Å². The van der Waals surface area contributed by atoms with Crippen LogP contribution in [0.5, 0.6) is 0 Å². The van der Waals surface area contributed by atoms with Gasteiger partial charge in [-0.15, -0.1) is 11.3 Å². The topological polar surface area (TPSA) is 70.7 Å². The summed E-state index contributed by atoms with van der Waals surface area (Å²) in [5.41, 5.74) is 3.75. The molecule has 3 aromatic heterocycles. The second-order valence-corrected chi connectivity index (χ2v) is 9.14. The molecule has 0 fully saturated rings. The van der Waals surface area contributed by atoms with E-state index >= 15 is 0 Å². The molecule has 0 N–H and O–H groups in total. The van der Waals surface area contributed by atoms with Crippen molar-refractivity contribution in [1.82, 2.24) is 4.57 Å². The maximum absolute atomic E-state index is 12.8. The number of furan rings is 1. The predicted molar refractivity (Wildman–Crippen MR) is 120 cm³/mol. The van der Waals surface area contributed by atoms with Crippen molar-refractivity contribution in [2.45, 2.75) is 32.9 Å². The Hall–Kier alpha value is -3.32. The van der Waals surface area contributed by atoms with E-state index in [2.05, 4.69) is 0 Å². The van der Waals surface area contributed by atoms with Gasteiger partial charge in [0.2, 0.25) is 0 Å². The molecule has 31 heavy (non-hydrogen) atoms. The molecule has 7 heteroatoms. The summed E-state index contributed by atoms with van der Waals surface area (Å²) in [5, 5.41) is 0. The Balaban J connectivity index is 1.99. The Morgan fingerprint density at radius 1 is 1.10 bits per heavy atom. The molecule has 0 radical (unpaired) electrons. The van der Waals surface area contributed by atoms with E-state index in [-0.39, 0.29) is 18.5 Å². The lowest BCUT2D eigenvalue weighted by Crippen LogP contribution is -2.23. The van der Waals surface area contributed by atoms with Gasteiger partial charge < -0.3 is 18.5 Å².